The van der Waals surface area contributed by atoms with E-state index in [0.717, 1.165) is 22.4 Å². The van der Waals surface area contributed by atoms with Gasteiger partial charge in [0.05, 0.1) is 0 Å². The van der Waals surface area contributed by atoms with Crippen molar-refractivity contribution in [2.45, 2.75) is 6.04 Å². The van der Waals surface area contributed by atoms with E-state index in [1.54, 1.807) is 0 Å². The Bertz CT molecular complexity index is 354. The van der Waals surface area contributed by atoms with Gasteiger partial charge in [0, 0.05) is 27.8 Å². The molecule has 4 nitrogen and oxygen atoms in total. The molecule has 0 aromatic carbocycles. The summed E-state index contributed by atoms with van der Waals surface area (Å²) in [5.41, 5.74) is 5.37. The molecule has 0 spiro atoms. The Kier molecular flexibility index (Phi) is 5.40. The summed E-state index contributed by atoms with van der Waals surface area (Å²) in [5.74, 6) is -0.340. The zero-order chi connectivity index (χ0) is 12.1. The Morgan fingerprint density at radius 3 is 2.81 bits per heavy atom. The van der Waals surface area contributed by atoms with Gasteiger partial charge in [-0.15, -0.1) is 11.3 Å². The number of primary amides is 1. The highest BCUT2D eigenvalue weighted by atomic mass is 79.9. The van der Waals surface area contributed by atoms with E-state index in [9.17, 15) is 4.79 Å². The zero-order valence-corrected chi connectivity index (χ0v) is 11.8. The van der Waals surface area contributed by atoms with Crippen LogP contribution in [-0.4, -0.2) is 38.0 Å². The molecule has 3 N–H and O–H groups in total. The van der Waals surface area contributed by atoms with Gasteiger partial charge in [-0.1, -0.05) is 0 Å². The number of carbonyl (C=O) groups excluding carboxylic acids is 1. The van der Waals surface area contributed by atoms with Crippen LogP contribution < -0.4 is 11.1 Å². The number of hydrogen-bond donors (Lipinski definition) is 2. The molecule has 1 heterocycles. The van der Waals surface area contributed by atoms with E-state index in [4.69, 9.17) is 5.73 Å². The molecule has 6 heteroatoms. The largest absolute Gasteiger partial charge is 0.368 e. The maximum Gasteiger partial charge on any atom is 0.239 e. The van der Waals surface area contributed by atoms with Gasteiger partial charge in [-0.2, -0.15) is 0 Å². The molecule has 0 saturated heterocycles. The summed E-state index contributed by atoms with van der Waals surface area (Å²) in [5, 5.41) is 5.10. The topological polar surface area (TPSA) is 58.4 Å². The van der Waals surface area contributed by atoms with Gasteiger partial charge in [0.2, 0.25) is 5.91 Å². The van der Waals surface area contributed by atoms with E-state index in [1.165, 1.54) is 11.3 Å². The summed E-state index contributed by atoms with van der Waals surface area (Å²) >= 11 is 4.88. The second-order valence-electron chi connectivity index (χ2n) is 3.76. The molecular formula is C10H16BrN3OS. The molecule has 1 unspecified atom stereocenters. The van der Waals surface area contributed by atoms with Gasteiger partial charge in [-0.25, -0.2) is 0 Å². The Morgan fingerprint density at radius 1 is 1.69 bits per heavy atom. The monoisotopic (exact) mass is 305 g/mol. The second-order valence-corrected chi connectivity index (χ2v) is 5.62. The lowest BCUT2D eigenvalue weighted by Gasteiger charge is -2.16. The van der Waals surface area contributed by atoms with Gasteiger partial charge in [0.1, 0.15) is 6.04 Å². The van der Waals surface area contributed by atoms with Crippen LogP contribution in [-0.2, 0) is 4.79 Å². The number of halogens is 1. The van der Waals surface area contributed by atoms with Crippen molar-refractivity contribution in [3.63, 3.8) is 0 Å². The maximum atomic E-state index is 11.3. The maximum absolute atomic E-state index is 11.3. The van der Waals surface area contributed by atoms with Gasteiger partial charge in [0.25, 0.3) is 0 Å². The highest BCUT2D eigenvalue weighted by Crippen LogP contribution is 2.25. The van der Waals surface area contributed by atoms with Crippen molar-refractivity contribution in [2.24, 2.45) is 5.73 Å². The van der Waals surface area contributed by atoms with Crippen LogP contribution in [0, 0.1) is 0 Å². The number of amides is 1. The van der Waals surface area contributed by atoms with E-state index < -0.39 is 6.04 Å². The third-order valence-electron chi connectivity index (χ3n) is 2.06. The fraction of sp³-hybridized carbons (Fsp3) is 0.500. The van der Waals surface area contributed by atoms with Gasteiger partial charge in [0.15, 0.2) is 0 Å². The number of carbonyl (C=O) groups is 1. The molecule has 1 aromatic rings. The number of likely N-dealkylation sites (N-methyl/N-ethyl adjacent to an activating group) is 1. The predicted molar refractivity (Wildman–Crippen MR) is 70.5 cm³/mol. The smallest absolute Gasteiger partial charge is 0.239 e. The molecule has 0 saturated carbocycles. The van der Waals surface area contributed by atoms with E-state index in [1.807, 2.05) is 25.5 Å². The number of rotatable bonds is 6. The van der Waals surface area contributed by atoms with Gasteiger partial charge in [-0.05, 0) is 36.1 Å². The van der Waals surface area contributed by atoms with Crippen LogP contribution >= 0.6 is 27.3 Å². The highest BCUT2D eigenvalue weighted by molar-refractivity contribution is 9.10. The predicted octanol–water partition coefficient (Wildman–Crippen LogP) is 1.19. The van der Waals surface area contributed by atoms with Crippen LogP contribution in [0.2, 0.25) is 0 Å². The Morgan fingerprint density at radius 2 is 2.38 bits per heavy atom. The summed E-state index contributed by atoms with van der Waals surface area (Å²) in [6, 6.07) is 1.53. The van der Waals surface area contributed by atoms with Crippen molar-refractivity contribution >= 4 is 33.2 Å². The second kappa shape index (κ2) is 6.34. The molecule has 1 rings (SSSR count). The van der Waals surface area contributed by atoms with Gasteiger partial charge < -0.3 is 16.0 Å². The first kappa shape index (κ1) is 13.6. The van der Waals surface area contributed by atoms with Crippen LogP contribution in [0.3, 0.4) is 0 Å². The van der Waals surface area contributed by atoms with Crippen molar-refractivity contribution < 1.29 is 4.79 Å². The normalized spacial score (nSPS) is 13.0. The average molecular weight is 306 g/mol. The van der Waals surface area contributed by atoms with Crippen molar-refractivity contribution in [2.75, 3.05) is 27.2 Å². The molecule has 0 fully saturated rings. The first-order valence-corrected chi connectivity index (χ1v) is 6.59. The number of nitrogens with one attached hydrogen (secondary N) is 1. The lowest BCUT2D eigenvalue weighted by molar-refractivity contribution is -0.120. The van der Waals surface area contributed by atoms with Crippen LogP contribution in [0.15, 0.2) is 15.9 Å². The number of nitrogens with zero attached hydrogens (tertiary/aromatic N) is 1. The van der Waals surface area contributed by atoms with Gasteiger partial charge in [-0.3, -0.25) is 4.79 Å². The number of thiophene rings is 1. The lowest BCUT2D eigenvalue weighted by atomic mass is 10.2. The standard InChI is InChI=1S/C10H16BrN3OS/c1-14(2)4-3-13-9(10(12)15)8-5-7(11)6-16-8/h5-6,9,13H,3-4H2,1-2H3,(H2,12,15). The van der Waals surface area contributed by atoms with E-state index in [2.05, 4.69) is 26.1 Å². The molecule has 90 valence electrons. The molecular weight excluding hydrogens is 290 g/mol. The van der Waals surface area contributed by atoms with Crippen molar-refractivity contribution in [1.29, 1.82) is 0 Å². The fourth-order valence-electron chi connectivity index (χ4n) is 1.25. The molecule has 1 amide bonds. The average Bonchev–Trinajstić information content (AvgIpc) is 2.58. The van der Waals surface area contributed by atoms with Crippen molar-refractivity contribution in [3.8, 4) is 0 Å². The minimum atomic E-state index is -0.392. The Hall–Kier alpha value is -0.430. The van der Waals surface area contributed by atoms with Crippen LogP contribution in [0.4, 0.5) is 0 Å². The van der Waals surface area contributed by atoms with Gasteiger partial charge >= 0.3 is 0 Å². The third-order valence-corrected chi connectivity index (χ3v) is 3.82. The first-order chi connectivity index (χ1) is 7.50. The number of hydrogen-bond acceptors (Lipinski definition) is 4. The summed E-state index contributed by atoms with van der Waals surface area (Å²) in [6.45, 7) is 1.60. The van der Waals surface area contributed by atoms with Crippen molar-refractivity contribution in [1.82, 2.24) is 10.2 Å². The SMILES string of the molecule is CN(C)CCNC(C(N)=O)c1cc(Br)cs1. The van der Waals surface area contributed by atoms with E-state index in [-0.39, 0.29) is 5.91 Å². The molecule has 0 aliphatic rings. The zero-order valence-electron chi connectivity index (χ0n) is 9.37. The molecule has 0 bridgehead atoms. The van der Waals surface area contributed by atoms with Crippen LogP contribution in [0.1, 0.15) is 10.9 Å². The summed E-state index contributed by atoms with van der Waals surface area (Å²) in [6.07, 6.45) is 0. The van der Waals surface area contributed by atoms with Crippen molar-refractivity contribution in [3.05, 3.63) is 20.8 Å². The lowest BCUT2D eigenvalue weighted by Crippen LogP contribution is -2.36. The first-order valence-electron chi connectivity index (χ1n) is 4.92. The minimum Gasteiger partial charge on any atom is -0.368 e. The van der Waals surface area contributed by atoms with Crippen LogP contribution in [0.5, 0.6) is 0 Å². The molecule has 0 radical (unpaired) electrons. The number of nitrogens with two attached hydrogens (primary N) is 1. The minimum absolute atomic E-state index is 0.340. The molecule has 0 aliphatic carbocycles. The van der Waals surface area contributed by atoms with E-state index in [0.29, 0.717) is 0 Å². The summed E-state index contributed by atoms with van der Waals surface area (Å²) in [4.78, 5) is 14.3. The summed E-state index contributed by atoms with van der Waals surface area (Å²) < 4.78 is 0.980. The molecule has 16 heavy (non-hydrogen) atoms. The quantitative estimate of drug-likeness (QED) is 0.830. The molecule has 0 aliphatic heterocycles. The molecule has 1 aromatic heterocycles. The Labute approximate surface area is 108 Å². The van der Waals surface area contributed by atoms with E-state index >= 15 is 0 Å². The van der Waals surface area contributed by atoms with Crippen LogP contribution in [0.25, 0.3) is 0 Å². The third kappa shape index (κ3) is 4.21. The summed E-state index contributed by atoms with van der Waals surface area (Å²) in [7, 11) is 3.98. The fourth-order valence-corrected chi connectivity index (χ4v) is 2.78. The highest BCUT2D eigenvalue weighted by Gasteiger charge is 2.18. The molecule has 1 atom stereocenters. The Balaban J connectivity index is 2.58.